The Morgan fingerprint density at radius 3 is 2.96 bits per heavy atom. The van der Waals surface area contributed by atoms with Gasteiger partial charge in [0.15, 0.2) is 5.82 Å². The fourth-order valence-electron chi connectivity index (χ4n) is 4.34. The molecular weight excluding hydrogens is 330 g/mol. The van der Waals surface area contributed by atoms with Crippen LogP contribution in [0.15, 0.2) is 23.5 Å². The molecule has 1 aromatic rings. The molecule has 0 spiro atoms. The van der Waals surface area contributed by atoms with E-state index in [4.69, 9.17) is 9.84 Å². The molecule has 1 fully saturated rings. The zero-order chi connectivity index (χ0) is 17.7. The summed E-state index contributed by atoms with van der Waals surface area (Å²) in [5.74, 6) is 1.18. The summed E-state index contributed by atoms with van der Waals surface area (Å²) >= 11 is 0. The first-order valence-electron chi connectivity index (χ1n) is 9.57. The van der Waals surface area contributed by atoms with E-state index in [0.29, 0.717) is 12.6 Å². The number of anilines is 1. The molecule has 0 aromatic carbocycles. The zero-order valence-corrected chi connectivity index (χ0v) is 15.2. The van der Waals surface area contributed by atoms with Crippen LogP contribution >= 0.6 is 0 Å². The standard InChI is InChI=1S/C19H25N5O2/c1-13(25)22-8-6-17-15(10-22)19(21-24(17)14-11-26-12-14)23-9-7-20-16-4-2-3-5-18(16)23/h2,4,14,20H,3,5-12H2,1H3. The van der Waals surface area contributed by atoms with Crippen molar-refractivity contribution in [2.75, 3.05) is 37.7 Å². The predicted octanol–water partition coefficient (Wildman–Crippen LogP) is 1.33. The number of nitrogens with zero attached hydrogens (tertiary/aromatic N) is 4. The number of allylic oxidation sites excluding steroid dienone is 3. The highest BCUT2D eigenvalue weighted by Gasteiger charge is 2.34. The highest BCUT2D eigenvalue weighted by molar-refractivity contribution is 5.74. The number of amides is 1. The normalized spacial score (nSPS) is 22.7. The number of carbonyl (C=O) groups excluding carboxylic acids is 1. The average molecular weight is 355 g/mol. The van der Waals surface area contributed by atoms with E-state index in [0.717, 1.165) is 57.9 Å². The number of fused-ring (bicyclic) bond motifs is 1. The Kier molecular flexibility index (Phi) is 3.77. The molecule has 3 aliphatic heterocycles. The van der Waals surface area contributed by atoms with Gasteiger partial charge in [-0.05, 0) is 18.9 Å². The average Bonchev–Trinajstić information content (AvgIpc) is 2.98. The summed E-state index contributed by atoms with van der Waals surface area (Å²) < 4.78 is 7.60. The number of ether oxygens (including phenoxy) is 1. The molecule has 1 aromatic heterocycles. The van der Waals surface area contributed by atoms with Crippen molar-refractivity contribution in [3.63, 3.8) is 0 Å². The third-order valence-electron chi connectivity index (χ3n) is 5.85. The van der Waals surface area contributed by atoms with Crippen LogP contribution in [0.3, 0.4) is 0 Å². The van der Waals surface area contributed by atoms with E-state index in [2.05, 4.69) is 27.1 Å². The molecule has 0 unspecified atom stereocenters. The largest absolute Gasteiger partial charge is 0.382 e. The Labute approximate surface area is 153 Å². The lowest BCUT2D eigenvalue weighted by Gasteiger charge is -2.35. The van der Waals surface area contributed by atoms with Crippen molar-refractivity contribution in [2.45, 2.75) is 38.8 Å². The molecule has 138 valence electrons. The molecule has 1 amide bonds. The van der Waals surface area contributed by atoms with Gasteiger partial charge in [-0.3, -0.25) is 9.48 Å². The minimum atomic E-state index is 0.141. The van der Waals surface area contributed by atoms with E-state index in [9.17, 15) is 4.79 Å². The molecule has 26 heavy (non-hydrogen) atoms. The molecule has 1 N–H and O–H groups in total. The summed E-state index contributed by atoms with van der Waals surface area (Å²) in [5.41, 5.74) is 5.06. The minimum Gasteiger partial charge on any atom is -0.382 e. The molecule has 7 nitrogen and oxygen atoms in total. The summed E-state index contributed by atoms with van der Waals surface area (Å²) in [4.78, 5) is 16.3. The number of aromatic nitrogens is 2. The fraction of sp³-hybridized carbons (Fsp3) is 0.579. The van der Waals surface area contributed by atoms with Gasteiger partial charge in [-0.2, -0.15) is 5.10 Å². The van der Waals surface area contributed by atoms with Crippen LogP contribution in [-0.4, -0.2) is 53.4 Å². The lowest BCUT2D eigenvalue weighted by Crippen LogP contribution is -2.41. The van der Waals surface area contributed by atoms with Crippen LogP contribution in [0.5, 0.6) is 0 Å². The maximum absolute atomic E-state index is 12.0. The molecule has 1 aliphatic carbocycles. The smallest absolute Gasteiger partial charge is 0.219 e. The monoisotopic (exact) mass is 355 g/mol. The first-order valence-corrected chi connectivity index (χ1v) is 9.57. The van der Waals surface area contributed by atoms with Gasteiger partial charge in [0.25, 0.3) is 0 Å². The van der Waals surface area contributed by atoms with E-state index in [-0.39, 0.29) is 5.91 Å². The summed E-state index contributed by atoms with van der Waals surface area (Å²) in [6.45, 7) is 6.40. The van der Waals surface area contributed by atoms with Gasteiger partial charge in [0, 0.05) is 49.9 Å². The number of rotatable bonds is 2. The number of carbonyl (C=O) groups is 1. The van der Waals surface area contributed by atoms with Crippen LogP contribution in [-0.2, 0) is 22.5 Å². The van der Waals surface area contributed by atoms with Gasteiger partial charge in [-0.1, -0.05) is 6.08 Å². The van der Waals surface area contributed by atoms with Crippen molar-refractivity contribution in [1.29, 1.82) is 0 Å². The number of hydrogen-bond donors (Lipinski definition) is 1. The van der Waals surface area contributed by atoms with Gasteiger partial charge in [-0.25, -0.2) is 0 Å². The Balaban J connectivity index is 1.59. The molecule has 0 saturated carbocycles. The van der Waals surface area contributed by atoms with E-state index >= 15 is 0 Å². The second kappa shape index (κ2) is 6.16. The lowest BCUT2D eigenvalue weighted by atomic mass is 10.0. The molecular formula is C19H25N5O2. The van der Waals surface area contributed by atoms with Gasteiger partial charge in [-0.15, -0.1) is 0 Å². The third kappa shape index (κ3) is 2.45. The first-order chi connectivity index (χ1) is 12.7. The maximum Gasteiger partial charge on any atom is 0.219 e. The minimum absolute atomic E-state index is 0.141. The van der Waals surface area contributed by atoms with E-state index in [1.54, 1.807) is 6.92 Å². The first kappa shape index (κ1) is 15.9. The number of hydrogen-bond acceptors (Lipinski definition) is 5. The van der Waals surface area contributed by atoms with E-state index in [1.807, 2.05) is 4.90 Å². The second-order valence-electron chi connectivity index (χ2n) is 7.46. The molecule has 5 rings (SSSR count). The van der Waals surface area contributed by atoms with Gasteiger partial charge in [0.05, 0.1) is 31.5 Å². The van der Waals surface area contributed by atoms with Crippen LogP contribution in [0, 0.1) is 0 Å². The molecule has 4 heterocycles. The van der Waals surface area contributed by atoms with Crippen LogP contribution in [0.1, 0.15) is 37.1 Å². The highest BCUT2D eigenvalue weighted by Crippen LogP contribution is 2.36. The van der Waals surface area contributed by atoms with Crippen molar-refractivity contribution < 1.29 is 9.53 Å². The summed E-state index contributed by atoms with van der Waals surface area (Å²) in [6, 6.07) is 0.337. The predicted molar refractivity (Wildman–Crippen MR) is 97.6 cm³/mol. The lowest BCUT2D eigenvalue weighted by molar-refractivity contribution is -0.129. The Bertz CT molecular complexity index is 805. The fourth-order valence-corrected chi connectivity index (χ4v) is 4.34. The highest BCUT2D eigenvalue weighted by atomic mass is 16.5. The van der Waals surface area contributed by atoms with Crippen molar-refractivity contribution in [1.82, 2.24) is 20.0 Å². The maximum atomic E-state index is 12.0. The Morgan fingerprint density at radius 2 is 2.19 bits per heavy atom. The molecule has 4 aliphatic rings. The molecule has 0 bridgehead atoms. The van der Waals surface area contributed by atoms with Crippen LogP contribution in [0.4, 0.5) is 5.82 Å². The van der Waals surface area contributed by atoms with E-state index in [1.165, 1.54) is 22.7 Å². The Hall–Kier alpha value is -2.28. The SMILES string of the molecule is CC(=O)N1CCc2c(c(N3CCNC4=C3CCC=C4)nn2C2COC2)C1. The van der Waals surface area contributed by atoms with Crippen molar-refractivity contribution >= 4 is 11.7 Å². The number of nitrogens with one attached hydrogen (secondary N) is 1. The molecule has 1 saturated heterocycles. The molecule has 0 atom stereocenters. The summed E-state index contributed by atoms with van der Waals surface area (Å²) in [6.07, 6.45) is 7.39. The van der Waals surface area contributed by atoms with Crippen molar-refractivity contribution in [3.8, 4) is 0 Å². The zero-order valence-electron chi connectivity index (χ0n) is 15.2. The summed E-state index contributed by atoms with van der Waals surface area (Å²) in [7, 11) is 0. The summed E-state index contributed by atoms with van der Waals surface area (Å²) in [5, 5.41) is 8.57. The van der Waals surface area contributed by atoms with Gasteiger partial charge >= 0.3 is 0 Å². The van der Waals surface area contributed by atoms with Crippen LogP contribution in [0.2, 0.25) is 0 Å². The van der Waals surface area contributed by atoms with Gasteiger partial charge < -0.3 is 19.9 Å². The van der Waals surface area contributed by atoms with Gasteiger partial charge in [0.2, 0.25) is 5.91 Å². The molecule has 0 radical (unpaired) electrons. The Morgan fingerprint density at radius 1 is 1.31 bits per heavy atom. The van der Waals surface area contributed by atoms with Crippen LogP contribution in [0.25, 0.3) is 0 Å². The van der Waals surface area contributed by atoms with Crippen molar-refractivity contribution in [3.05, 3.63) is 34.8 Å². The topological polar surface area (TPSA) is 62.6 Å². The quantitative estimate of drug-likeness (QED) is 0.867. The van der Waals surface area contributed by atoms with Crippen LogP contribution < -0.4 is 10.2 Å². The van der Waals surface area contributed by atoms with Gasteiger partial charge in [0.1, 0.15) is 0 Å². The van der Waals surface area contributed by atoms with Crippen molar-refractivity contribution in [2.24, 2.45) is 0 Å². The second-order valence-corrected chi connectivity index (χ2v) is 7.46. The third-order valence-corrected chi connectivity index (χ3v) is 5.85. The van der Waals surface area contributed by atoms with E-state index < -0.39 is 0 Å². The molecule has 7 heteroatoms.